The summed E-state index contributed by atoms with van der Waals surface area (Å²) in [7, 11) is 1.26. The lowest BCUT2D eigenvalue weighted by Crippen LogP contribution is -2.40. The van der Waals surface area contributed by atoms with Crippen molar-refractivity contribution in [3.8, 4) is 11.5 Å². The van der Waals surface area contributed by atoms with E-state index in [0.29, 0.717) is 34.7 Å². The average Bonchev–Trinajstić information content (AvgIpc) is 2.92. The number of hydrogen-bond acceptors (Lipinski definition) is 4. The molecule has 0 aromatic heterocycles. The second-order valence-electron chi connectivity index (χ2n) is 9.66. The third-order valence-electron chi connectivity index (χ3n) is 6.57. The third kappa shape index (κ3) is 9.04. The SMILES string of the molecule is CN(C(=O)c1cc(C(F)(F)F)cc(C(F)(F)F)c1)C(CCC(=O)NCCc1ccc(O)c(O)c1)Cc1ccc(Cl)cc1. The van der Waals surface area contributed by atoms with E-state index in [9.17, 15) is 46.1 Å². The summed E-state index contributed by atoms with van der Waals surface area (Å²) in [5.74, 6) is -2.07. The molecule has 1 atom stereocenters. The number of phenols is 2. The van der Waals surface area contributed by atoms with E-state index in [1.807, 2.05) is 0 Å². The molecule has 13 heteroatoms. The van der Waals surface area contributed by atoms with Crippen molar-refractivity contribution >= 4 is 23.4 Å². The highest BCUT2D eigenvalue weighted by molar-refractivity contribution is 6.30. The first-order valence-corrected chi connectivity index (χ1v) is 13.0. The van der Waals surface area contributed by atoms with Crippen LogP contribution in [-0.4, -0.2) is 46.6 Å². The number of nitrogens with one attached hydrogen (secondary N) is 1. The van der Waals surface area contributed by atoms with Crippen LogP contribution in [0.3, 0.4) is 0 Å². The molecule has 0 bridgehead atoms. The molecule has 3 rings (SSSR count). The van der Waals surface area contributed by atoms with Gasteiger partial charge < -0.3 is 20.4 Å². The van der Waals surface area contributed by atoms with Gasteiger partial charge in [-0.1, -0.05) is 29.8 Å². The Bertz CT molecular complexity index is 1380. The molecular weight excluding hydrogens is 590 g/mol. The van der Waals surface area contributed by atoms with Crippen molar-refractivity contribution in [3.63, 3.8) is 0 Å². The summed E-state index contributed by atoms with van der Waals surface area (Å²) >= 11 is 5.93. The Kier molecular flexibility index (Phi) is 10.4. The predicted molar refractivity (Wildman–Crippen MR) is 143 cm³/mol. The van der Waals surface area contributed by atoms with Crippen molar-refractivity contribution in [2.45, 2.75) is 44.1 Å². The number of alkyl halides is 6. The molecule has 0 fully saturated rings. The van der Waals surface area contributed by atoms with Crippen LogP contribution < -0.4 is 5.32 Å². The van der Waals surface area contributed by atoms with Crippen molar-refractivity contribution in [2.24, 2.45) is 0 Å². The number of amides is 2. The molecule has 0 aliphatic rings. The van der Waals surface area contributed by atoms with E-state index in [1.165, 1.54) is 19.2 Å². The normalized spacial score (nSPS) is 12.6. The summed E-state index contributed by atoms with van der Waals surface area (Å²) in [5, 5.41) is 22.1. The number of hydrogen-bond donors (Lipinski definition) is 3. The largest absolute Gasteiger partial charge is 0.504 e. The van der Waals surface area contributed by atoms with Crippen LogP contribution in [0.4, 0.5) is 26.3 Å². The van der Waals surface area contributed by atoms with E-state index in [0.717, 1.165) is 4.90 Å². The zero-order valence-electron chi connectivity index (χ0n) is 22.2. The van der Waals surface area contributed by atoms with Gasteiger partial charge in [-0.15, -0.1) is 0 Å². The summed E-state index contributed by atoms with van der Waals surface area (Å²) in [6.07, 6.45) is -9.81. The monoisotopic (exact) mass is 616 g/mol. The summed E-state index contributed by atoms with van der Waals surface area (Å²) in [6, 6.07) is 10.7. The van der Waals surface area contributed by atoms with Crippen molar-refractivity contribution in [3.05, 3.63) is 93.5 Å². The van der Waals surface area contributed by atoms with Gasteiger partial charge in [0.15, 0.2) is 11.5 Å². The first-order valence-electron chi connectivity index (χ1n) is 12.6. The van der Waals surface area contributed by atoms with Crippen molar-refractivity contribution in [1.29, 1.82) is 0 Å². The van der Waals surface area contributed by atoms with E-state index >= 15 is 0 Å². The maximum atomic E-state index is 13.4. The van der Waals surface area contributed by atoms with Crippen LogP contribution in [0, 0.1) is 0 Å². The minimum absolute atomic E-state index is 0.0434. The topological polar surface area (TPSA) is 89.9 Å². The highest BCUT2D eigenvalue weighted by Gasteiger charge is 2.38. The minimum Gasteiger partial charge on any atom is -0.504 e. The van der Waals surface area contributed by atoms with Crippen LogP contribution in [0.2, 0.25) is 5.02 Å². The molecule has 0 saturated heterocycles. The molecule has 3 N–H and O–H groups in total. The number of carbonyl (C=O) groups is 2. The first kappa shape index (κ1) is 32.6. The summed E-state index contributed by atoms with van der Waals surface area (Å²) in [5.41, 5.74) is -2.68. The average molecular weight is 617 g/mol. The van der Waals surface area contributed by atoms with Gasteiger partial charge in [0.05, 0.1) is 11.1 Å². The van der Waals surface area contributed by atoms with Crippen LogP contribution in [-0.2, 0) is 30.0 Å². The number of phenolic OH excluding ortho intramolecular Hbond substituents is 2. The Morgan fingerprint density at radius 1 is 0.857 bits per heavy atom. The maximum Gasteiger partial charge on any atom is 0.416 e. The van der Waals surface area contributed by atoms with Crippen LogP contribution in [0.1, 0.15) is 45.5 Å². The highest BCUT2D eigenvalue weighted by Crippen LogP contribution is 2.36. The number of likely N-dealkylation sites (N-methyl/N-ethyl adjacent to an activating group) is 1. The molecule has 0 saturated carbocycles. The van der Waals surface area contributed by atoms with Gasteiger partial charge in [0.2, 0.25) is 5.91 Å². The van der Waals surface area contributed by atoms with E-state index < -0.39 is 46.9 Å². The molecule has 0 aliphatic heterocycles. The molecule has 0 heterocycles. The zero-order valence-corrected chi connectivity index (χ0v) is 22.9. The summed E-state index contributed by atoms with van der Waals surface area (Å²) < 4.78 is 80.2. The molecule has 0 spiro atoms. The Balaban J connectivity index is 1.77. The molecule has 1 unspecified atom stereocenters. The minimum atomic E-state index is -5.12. The molecule has 42 heavy (non-hydrogen) atoms. The molecule has 0 radical (unpaired) electrons. The lowest BCUT2D eigenvalue weighted by Gasteiger charge is -2.29. The van der Waals surface area contributed by atoms with Crippen molar-refractivity contribution in [1.82, 2.24) is 10.2 Å². The number of aromatic hydroxyl groups is 2. The lowest BCUT2D eigenvalue weighted by molar-refractivity contribution is -0.143. The number of nitrogens with zero attached hydrogens (tertiary/aromatic N) is 1. The van der Waals surface area contributed by atoms with Crippen LogP contribution >= 0.6 is 11.6 Å². The smallest absolute Gasteiger partial charge is 0.416 e. The molecule has 3 aromatic carbocycles. The van der Waals surface area contributed by atoms with E-state index in [2.05, 4.69) is 5.32 Å². The van der Waals surface area contributed by atoms with Crippen molar-refractivity contribution in [2.75, 3.05) is 13.6 Å². The third-order valence-corrected chi connectivity index (χ3v) is 6.82. The number of carbonyl (C=O) groups excluding carboxylic acids is 2. The van der Waals surface area contributed by atoms with Gasteiger partial charge in [-0.25, -0.2) is 0 Å². The van der Waals surface area contributed by atoms with Crippen LogP contribution in [0.5, 0.6) is 11.5 Å². The molecule has 0 aliphatic carbocycles. The van der Waals surface area contributed by atoms with Gasteiger partial charge in [0, 0.05) is 36.6 Å². The van der Waals surface area contributed by atoms with E-state index in [4.69, 9.17) is 11.6 Å². The standard InChI is InChI=1S/C29H27ClF6N2O4/c1-38(27(42)19-14-20(28(31,32)33)16-21(15-19)29(34,35)36)23(12-17-2-5-22(30)6-3-17)7-9-26(41)37-11-10-18-4-8-24(39)25(40)13-18/h2-6,8,13-16,23,39-40H,7,9-12H2,1H3,(H,37,41). The Hall–Kier alpha value is -3.93. The second-order valence-corrected chi connectivity index (χ2v) is 10.1. The maximum absolute atomic E-state index is 13.4. The van der Waals surface area contributed by atoms with Gasteiger partial charge in [-0.05, 0) is 72.9 Å². The molecule has 2 amide bonds. The molecule has 226 valence electrons. The quantitative estimate of drug-likeness (QED) is 0.177. The fraction of sp³-hybridized carbons (Fsp3) is 0.310. The van der Waals surface area contributed by atoms with Crippen LogP contribution in [0.15, 0.2) is 60.7 Å². The van der Waals surface area contributed by atoms with Gasteiger partial charge >= 0.3 is 12.4 Å². The number of halogens is 7. The van der Waals surface area contributed by atoms with Crippen molar-refractivity contribution < 1.29 is 46.1 Å². The number of benzene rings is 3. The highest BCUT2D eigenvalue weighted by atomic mass is 35.5. The fourth-order valence-corrected chi connectivity index (χ4v) is 4.36. The Morgan fingerprint density at radius 3 is 1.98 bits per heavy atom. The Morgan fingerprint density at radius 2 is 1.43 bits per heavy atom. The summed E-state index contributed by atoms with van der Waals surface area (Å²) in [4.78, 5) is 26.8. The van der Waals surface area contributed by atoms with Gasteiger partial charge in [0.1, 0.15) is 0 Å². The van der Waals surface area contributed by atoms with E-state index in [-0.39, 0.29) is 43.4 Å². The molecule has 6 nitrogen and oxygen atoms in total. The van der Waals surface area contributed by atoms with E-state index in [1.54, 1.807) is 30.3 Å². The summed E-state index contributed by atoms with van der Waals surface area (Å²) in [6.45, 7) is 0.185. The fourth-order valence-electron chi connectivity index (χ4n) is 4.23. The van der Waals surface area contributed by atoms with Crippen LogP contribution in [0.25, 0.3) is 0 Å². The predicted octanol–water partition coefficient (Wildman–Crippen LogP) is 6.61. The Labute approximate surface area is 242 Å². The van der Waals surface area contributed by atoms with Gasteiger partial charge in [-0.2, -0.15) is 26.3 Å². The van der Waals surface area contributed by atoms with Gasteiger partial charge in [-0.3, -0.25) is 9.59 Å². The van der Waals surface area contributed by atoms with Gasteiger partial charge in [0.25, 0.3) is 5.91 Å². The first-order chi connectivity index (χ1) is 19.5. The second kappa shape index (κ2) is 13.4. The molecular formula is C29H27ClF6N2O4. The lowest BCUT2D eigenvalue weighted by atomic mass is 9.98. The zero-order chi connectivity index (χ0) is 31.2. The number of rotatable bonds is 10. The molecule has 3 aromatic rings.